The van der Waals surface area contributed by atoms with E-state index in [0.29, 0.717) is 13.1 Å². The van der Waals surface area contributed by atoms with Crippen LogP contribution in [0.2, 0.25) is 0 Å². The molecule has 0 aromatic heterocycles. The lowest BCUT2D eigenvalue weighted by Gasteiger charge is -2.20. The summed E-state index contributed by atoms with van der Waals surface area (Å²) >= 11 is 0. The molecule has 132 valence electrons. The number of nitrogens with zero attached hydrogens (tertiary/aromatic N) is 1. The normalized spacial score (nSPS) is 20.5. The molecule has 1 aromatic rings. The smallest absolute Gasteiger partial charge is 0.225 e. The van der Waals surface area contributed by atoms with Crippen molar-refractivity contribution in [2.45, 2.75) is 39.7 Å². The molecule has 1 aliphatic heterocycles. The first-order valence-electron chi connectivity index (χ1n) is 8.56. The summed E-state index contributed by atoms with van der Waals surface area (Å²) in [6.45, 7) is 8.72. The minimum absolute atomic E-state index is 0.0110. The second-order valence-electron chi connectivity index (χ2n) is 7.05. The van der Waals surface area contributed by atoms with Crippen molar-refractivity contribution >= 4 is 11.8 Å². The highest BCUT2D eigenvalue weighted by Crippen LogP contribution is 2.35. The van der Waals surface area contributed by atoms with Gasteiger partial charge in [-0.3, -0.25) is 9.59 Å². The maximum Gasteiger partial charge on any atom is 0.225 e. The predicted octanol–water partition coefficient (Wildman–Crippen LogP) is 2.42. The first kappa shape index (κ1) is 18.3. The summed E-state index contributed by atoms with van der Waals surface area (Å²) in [5.41, 5.74) is 1.04. The third-order valence-corrected chi connectivity index (χ3v) is 4.42. The van der Waals surface area contributed by atoms with Gasteiger partial charge in [0.2, 0.25) is 11.8 Å². The van der Waals surface area contributed by atoms with Crippen LogP contribution in [-0.4, -0.2) is 43.0 Å². The van der Waals surface area contributed by atoms with Crippen molar-refractivity contribution in [3.8, 4) is 5.75 Å². The Bertz CT molecular complexity index is 598. The van der Waals surface area contributed by atoms with E-state index >= 15 is 0 Å². The molecule has 2 amide bonds. The van der Waals surface area contributed by atoms with Crippen LogP contribution in [0.1, 0.15) is 39.2 Å². The number of likely N-dealkylation sites (tertiary alicyclic amines) is 1. The second kappa shape index (κ2) is 7.69. The van der Waals surface area contributed by atoms with Gasteiger partial charge in [-0.15, -0.1) is 0 Å². The molecule has 24 heavy (non-hydrogen) atoms. The Balaban J connectivity index is 2.29. The van der Waals surface area contributed by atoms with Crippen molar-refractivity contribution in [3.63, 3.8) is 0 Å². The van der Waals surface area contributed by atoms with Gasteiger partial charge in [0.15, 0.2) is 0 Å². The summed E-state index contributed by atoms with van der Waals surface area (Å²) in [5.74, 6) is 0.565. The lowest BCUT2D eigenvalue weighted by molar-refractivity contribution is -0.133. The van der Waals surface area contributed by atoms with Crippen molar-refractivity contribution in [1.29, 1.82) is 0 Å². The second-order valence-corrected chi connectivity index (χ2v) is 7.05. The molecule has 1 N–H and O–H groups in total. The molecule has 1 aromatic carbocycles. The molecule has 1 saturated heterocycles. The van der Waals surface area contributed by atoms with Crippen LogP contribution >= 0.6 is 0 Å². The van der Waals surface area contributed by atoms with Crippen LogP contribution in [0.4, 0.5) is 0 Å². The molecule has 1 aliphatic rings. The van der Waals surface area contributed by atoms with Gasteiger partial charge in [-0.05, 0) is 31.5 Å². The number of hydrogen-bond acceptors (Lipinski definition) is 3. The molecule has 0 aliphatic carbocycles. The molecule has 1 heterocycles. The number of methoxy groups -OCH3 is 1. The van der Waals surface area contributed by atoms with Gasteiger partial charge in [0.05, 0.1) is 13.0 Å². The van der Waals surface area contributed by atoms with Crippen molar-refractivity contribution < 1.29 is 14.3 Å². The maximum absolute atomic E-state index is 12.7. The zero-order valence-corrected chi connectivity index (χ0v) is 15.2. The standard InChI is InChI=1S/C19H28N2O3/c1-12(2)19(23)21-10-16(14-7-6-8-15(9-14)24-5)17(11-21)18(22)20-13(3)4/h6-9,12-13,16-17H,10-11H2,1-5H3,(H,20,22). The topological polar surface area (TPSA) is 58.6 Å². The summed E-state index contributed by atoms with van der Waals surface area (Å²) in [4.78, 5) is 26.9. The molecule has 0 bridgehead atoms. The average molecular weight is 332 g/mol. The largest absolute Gasteiger partial charge is 0.497 e. The van der Waals surface area contributed by atoms with E-state index in [1.807, 2.05) is 56.9 Å². The number of rotatable bonds is 5. The highest BCUT2D eigenvalue weighted by Gasteiger charge is 2.40. The monoisotopic (exact) mass is 332 g/mol. The lowest BCUT2D eigenvalue weighted by atomic mass is 9.88. The number of nitrogens with one attached hydrogen (secondary N) is 1. The van der Waals surface area contributed by atoms with E-state index < -0.39 is 0 Å². The Hall–Kier alpha value is -2.04. The van der Waals surface area contributed by atoms with E-state index in [1.165, 1.54) is 0 Å². The van der Waals surface area contributed by atoms with Crippen LogP contribution in [0.25, 0.3) is 0 Å². The average Bonchev–Trinajstić information content (AvgIpc) is 2.98. The van der Waals surface area contributed by atoms with Crippen molar-refractivity contribution in [2.24, 2.45) is 11.8 Å². The Kier molecular flexibility index (Phi) is 5.86. The fraction of sp³-hybridized carbons (Fsp3) is 0.579. The van der Waals surface area contributed by atoms with Crippen molar-refractivity contribution in [2.75, 3.05) is 20.2 Å². The summed E-state index contributed by atoms with van der Waals surface area (Å²) in [7, 11) is 1.63. The van der Waals surface area contributed by atoms with Gasteiger partial charge >= 0.3 is 0 Å². The minimum Gasteiger partial charge on any atom is -0.497 e. The zero-order chi connectivity index (χ0) is 17.9. The fourth-order valence-electron chi connectivity index (χ4n) is 3.22. The molecule has 5 nitrogen and oxygen atoms in total. The van der Waals surface area contributed by atoms with Gasteiger partial charge in [-0.25, -0.2) is 0 Å². The van der Waals surface area contributed by atoms with Gasteiger partial charge in [0, 0.05) is 31.0 Å². The molecule has 0 saturated carbocycles. The van der Waals surface area contributed by atoms with Gasteiger partial charge in [0.25, 0.3) is 0 Å². The molecular weight excluding hydrogens is 304 g/mol. The van der Waals surface area contributed by atoms with Gasteiger partial charge in [-0.1, -0.05) is 26.0 Å². The third kappa shape index (κ3) is 4.08. The van der Waals surface area contributed by atoms with Crippen LogP contribution in [0.3, 0.4) is 0 Å². The predicted molar refractivity (Wildman–Crippen MR) is 93.9 cm³/mol. The van der Waals surface area contributed by atoms with E-state index in [9.17, 15) is 9.59 Å². The maximum atomic E-state index is 12.7. The number of carbonyl (C=O) groups excluding carboxylic acids is 2. The van der Waals surface area contributed by atoms with Gasteiger partial charge in [-0.2, -0.15) is 0 Å². The van der Waals surface area contributed by atoms with Crippen LogP contribution in [-0.2, 0) is 9.59 Å². The fourth-order valence-corrected chi connectivity index (χ4v) is 3.22. The van der Waals surface area contributed by atoms with Crippen LogP contribution in [0, 0.1) is 11.8 Å². The molecule has 2 rings (SSSR count). The van der Waals surface area contributed by atoms with Crippen molar-refractivity contribution in [3.05, 3.63) is 29.8 Å². The van der Waals surface area contributed by atoms with Crippen LogP contribution < -0.4 is 10.1 Å². The Morgan fingerprint density at radius 3 is 2.50 bits per heavy atom. The number of carbonyl (C=O) groups is 2. The molecule has 1 fully saturated rings. The van der Waals surface area contributed by atoms with Gasteiger partial charge in [0.1, 0.15) is 5.75 Å². The van der Waals surface area contributed by atoms with Crippen LogP contribution in [0.5, 0.6) is 5.75 Å². The van der Waals surface area contributed by atoms with Gasteiger partial charge < -0.3 is 15.0 Å². The Morgan fingerprint density at radius 1 is 1.21 bits per heavy atom. The summed E-state index contributed by atoms with van der Waals surface area (Å²) in [6.07, 6.45) is 0. The molecule has 5 heteroatoms. The summed E-state index contributed by atoms with van der Waals surface area (Å²) in [5, 5.41) is 2.99. The van der Waals surface area contributed by atoms with E-state index in [1.54, 1.807) is 7.11 Å². The molecule has 0 radical (unpaired) electrons. The third-order valence-electron chi connectivity index (χ3n) is 4.42. The summed E-state index contributed by atoms with van der Waals surface area (Å²) < 4.78 is 5.31. The first-order valence-corrected chi connectivity index (χ1v) is 8.56. The molecule has 2 atom stereocenters. The zero-order valence-electron chi connectivity index (χ0n) is 15.2. The van der Waals surface area contributed by atoms with Crippen LogP contribution in [0.15, 0.2) is 24.3 Å². The number of benzene rings is 1. The van der Waals surface area contributed by atoms with E-state index in [4.69, 9.17) is 4.74 Å². The van der Waals surface area contributed by atoms with E-state index in [2.05, 4.69) is 5.32 Å². The lowest BCUT2D eigenvalue weighted by Crippen LogP contribution is -2.39. The highest BCUT2D eigenvalue weighted by molar-refractivity contribution is 5.84. The molecule has 0 spiro atoms. The molecular formula is C19H28N2O3. The number of amides is 2. The first-order chi connectivity index (χ1) is 11.3. The SMILES string of the molecule is COc1cccc(C2CN(C(=O)C(C)C)CC2C(=O)NC(C)C)c1. The highest BCUT2D eigenvalue weighted by atomic mass is 16.5. The van der Waals surface area contributed by atoms with Crippen molar-refractivity contribution in [1.82, 2.24) is 10.2 Å². The number of hydrogen-bond donors (Lipinski definition) is 1. The quantitative estimate of drug-likeness (QED) is 0.901. The Labute approximate surface area is 144 Å². The van der Waals surface area contributed by atoms with E-state index in [-0.39, 0.29) is 35.6 Å². The minimum atomic E-state index is -0.234. The number of ether oxygens (including phenoxy) is 1. The Morgan fingerprint density at radius 2 is 1.92 bits per heavy atom. The van der Waals surface area contributed by atoms with E-state index in [0.717, 1.165) is 11.3 Å². The molecule has 2 unspecified atom stereocenters. The summed E-state index contributed by atoms with van der Waals surface area (Å²) in [6, 6.07) is 7.87.